The molecule has 2 aromatic carbocycles. The second kappa shape index (κ2) is 7.89. The maximum Gasteiger partial charge on any atom is 0.231 e. The largest absolute Gasteiger partial charge is 0.454 e. The molecule has 6 nitrogen and oxygen atoms in total. The Balaban J connectivity index is 1.45. The summed E-state index contributed by atoms with van der Waals surface area (Å²) in [7, 11) is 2.19. The summed E-state index contributed by atoms with van der Waals surface area (Å²) in [4.78, 5) is 4.90. The summed E-state index contributed by atoms with van der Waals surface area (Å²) < 4.78 is 13.1. The van der Waals surface area contributed by atoms with Crippen LogP contribution in [0.1, 0.15) is 11.1 Å². The van der Waals surface area contributed by atoms with Gasteiger partial charge >= 0.3 is 0 Å². The van der Waals surface area contributed by atoms with Crippen LogP contribution in [0.2, 0.25) is 0 Å². The van der Waals surface area contributed by atoms with Crippen molar-refractivity contribution in [3.8, 4) is 22.8 Å². The lowest BCUT2D eigenvalue weighted by Gasteiger charge is -2.32. The fraction of sp³-hybridized carbons (Fsp3) is 0.348. The SMILES string of the molecule is CN1CCN(Cc2cn(Cc3ccccc3)nc2-c2ccc3c(c2)OCO3)CC1. The summed E-state index contributed by atoms with van der Waals surface area (Å²) in [5.74, 6) is 1.60. The number of likely N-dealkylation sites (N-methyl/N-ethyl adjacent to an activating group) is 1. The molecule has 0 bridgehead atoms. The summed E-state index contributed by atoms with van der Waals surface area (Å²) >= 11 is 0. The number of benzene rings is 2. The third-order valence-corrected chi connectivity index (χ3v) is 5.66. The highest BCUT2D eigenvalue weighted by molar-refractivity contribution is 5.67. The van der Waals surface area contributed by atoms with Gasteiger partial charge in [0.15, 0.2) is 11.5 Å². The van der Waals surface area contributed by atoms with E-state index in [4.69, 9.17) is 14.6 Å². The van der Waals surface area contributed by atoms with E-state index < -0.39 is 0 Å². The summed E-state index contributed by atoms with van der Waals surface area (Å²) in [5.41, 5.74) is 4.60. The number of rotatable bonds is 5. The Kier molecular flexibility index (Phi) is 4.96. The van der Waals surface area contributed by atoms with Crippen molar-refractivity contribution in [2.24, 2.45) is 0 Å². The monoisotopic (exact) mass is 390 g/mol. The molecule has 0 radical (unpaired) electrons. The van der Waals surface area contributed by atoms with Crippen LogP contribution in [-0.4, -0.2) is 59.6 Å². The number of hydrogen-bond acceptors (Lipinski definition) is 5. The summed E-state index contributed by atoms with van der Waals surface area (Å²) in [6.07, 6.45) is 2.20. The molecule has 1 saturated heterocycles. The first kappa shape index (κ1) is 18.2. The van der Waals surface area contributed by atoms with Crippen LogP contribution in [0.3, 0.4) is 0 Å². The molecule has 29 heavy (non-hydrogen) atoms. The van der Waals surface area contributed by atoms with E-state index >= 15 is 0 Å². The van der Waals surface area contributed by atoms with Crippen molar-refractivity contribution < 1.29 is 9.47 Å². The highest BCUT2D eigenvalue weighted by Crippen LogP contribution is 2.36. The number of nitrogens with zero attached hydrogens (tertiary/aromatic N) is 4. The van der Waals surface area contributed by atoms with Crippen molar-refractivity contribution in [2.45, 2.75) is 13.1 Å². The molecule has 150 valence electrons. The van der Waals surface area contributed by atoms with E-state index in [-0.39, 0.29) is 6.79 Å². The Hall–Kier alpha value is -2.83. The smallest absolute Gasteiger partial charge is 0.231 e. The van der Waals surface area contributed by atoms with Crippen LogP contribution in [0.25, 0.3) is 11.3 Å². The summed E-state index contributed by atoms with van der Waals surface area (Å²) in [6.45, 7) is 6.35. The molecular formula is C23H26N4O2. The van der Waals surface area contributed by atoms with Gasteiger partial charge < -0.3 is 14.4 Å². The second-order valence-electron chi connectivity index (χ2n) is 7.83. The van der Waals surface area contributed by atoms with Crippen LogP contribution in [0.15, 0.2) is 54.7 Å². The van der Waals surface area contributed by atoms with Crippen LogP contribution in [0, 0.1) is 0 Å². The van der Waals surface area contributed by atoms with Gasteiger partial charge in [-0.3, -0.25) is 9.58 Å². The lowest BCUT2D eigenvalue weighted by molar-refractivity contribution is 0.148. The van der Waals surface area contributed by atoms with Gasteiger partial charge in [-0.05, 0) is 30.8 Å². The first-order chi connectivity index (χ1) is 14.2. The fourth-order valence-electron chi connectivity index (χ4n) is 3.96. The predicted molar refractivity (Wildman–Crippen MR) is 112 cm³/mol. The van der Waals surface area contributed by atoms with Crippen molar-refractivity contribution in [1.29, 1.82) is 0 Å². The van der Waals surface area contributed by atoms with Gasteiger partial charge in [0.1, 0.15) is 0 Å². The number of hydrogen-bond donors (Lipinski definition) is 0. The molecule has 0 amide bonds. The molecule has 0 N–H and O–H groups in total. The highest BCUT2D eigenvalue weighted by atomic mass is 16.7. The van der Waals surface area contributed by atoms with E-state index in [0.29, 0.717) is 0 Å². The van der Waals surface area contributed by atoms with Gasteiger partial charge in [0.25, 0.3) is 0 Å². The zero-order chi connectivity index (χ0) is 19.6. The van der Waals surface area contributed by atoms with Crippen LogP contribution >= 0.6 is 0 Å². The van der Waals surface area contributed by atoms with Crippen molar-refractivity contribution in [1.82, 2.24) is 19.6 Å². The first-order valence-corrected chi connectivity index (χ1v) is 10.2. The maximum atomic E-state index is 5.59. The molecule has 0 aliphatic carbocycles. The highest BCUT2D eigenvalue weighted by Gasteiger charge is 2.20. The van der Waals surface area contributed by atoms with E-state index in [1.807, 2.05) is 18.2 Å². The molecule has 2 aliphatic rings. The quantitative estimate of drug-likeness (QED) is 0.670. The fourth-order valence-corrected chi connectivity index (χ4v) is 3.96. The van der Waals surface area contributed by atoms with Gasteiger partial charge in [-0.1, -0.05) is 30.3 Å². The lowest BCUT2D eigenvalue weighted by atomic mass is 10.1. The maximum absolute atomic E-state index is 5.59. The standard InChI is InChI=1S/C23H26N4O2/c1-25-9-11-26(12-10-25)15-20-16-27(14-18-5-3-2-4-6-18)24-23(20)19-7-8-21-22(13-19)29-17-28-21/h2-8,13,16H,9-12,14-15,17H2,1H3. The van der Waals surface area contributed by atoms with Crippen LogP contribution in [0.4, 0.5) is 0 Å². The second-order valence-corrected chi connectivity index (χ2v) is 7.83. The van der Waals surface area contributed by atoms with Crippen molar-refractivity contribution in [3.05, 3.63) is 65.9 Å². The van der Waals surface area contributed by atoms with E-state index in [9.17, 15) is 0 Å². The average molecular weight is 390 g/mol. The third-order valence-electron chi connectivity index (χ3n) is 5.66. The number of aromatic nitrogens is 2. The first-order valence-electron chi connectivity index (χ1n) is 10.2. The van der Waals surface area contributed by atoms with Gasteiger partial charge in [0.2, 0.25) is 6.79 Å². The number of piperazine rings is 1. The molecule has 0 unspecified atom stereocenters. The molecule has 3 aromatic rings. The Labute approximate surface area is 171 Å². The van der Waals surface area contributed by atoms with Gasteiger partial charge in [-0.25, -0.2) is 0 Å². The molecule has 1 aromatic heterocycles. The minimum Gasteiger partial charge on any atom is -0.454 e. The summed E-state index contributed by atoms with van der Waals surface area (Å²) in [5, 5.41) is 4.96. The van der Waals surface area contributed by atoms with E-state index in [1.165, 1.54) is 11.1 Å². The zero-order valence-electron chi connectivity index (χ0n) is 16.8. The van der Waals surface area contributed by atoms with Crippen LogP contribution < -0.4 is 9.47 Å². The summed E-state index contributed by atoms with van der Waals surface area (Å²) in [6, 6.07) is 16.6. The van der Waals surface area contributed by atoms with Gasteiger partial charge in [-0.15, -0.1) is 0 Å². The van der Waals surface area contributed by atoms with Crippen LogP contribution in [-0.2, 0) is 13.1 Å². The van der Waals surface area contributed by atoms with Gasteiger partial charge in [-0.2, -0.15) is 5.10 Å². The van der Waals surface area contributed by atoms with Crippen molar-refractivity contribution >= 4 is 0 Å². The Morgan fingerprint density at radius 1 is 0.897 bits per heavy atom. The number of ether oxygens (including phenoxy) is 2. The molecule has 0 spiro atoms. The van der Waals surface area contributed by atoms with Crippen molar-refractivity contribution in [3.63, 3.8) is 0 Å². The Morgan fingerprint density at radius 3 is 2.52 bits per heavy atom. The molecule has 3 heterocycles. The molecule has 5 rings (SSSR count). The predicted octanol–water partition coefficient (Wildman–Crippen LogP) is 3.07. The molecule has 2 aliphatic heterocycles. The van der Waals surface area contributed by atoms with Crippen molar-refractivity contribution in [2.75, 3.05) is 40.0 Å². The Morgan fingerprint density at radius 2 is 1.69 bits per heavy atom. The van der Waals surface area contributed by atoms with Gasteiger partial charge in [0, 0.05) is 50.0 Å². The minimum atomic E-state index is 0.287. The third kappa shape index (κ3) is 3.99. The normalized spacial score (nSPS) is 17.0. The van der Waals surface area contributed by atoms with E-state index in [2.05, 4.69) is 58.1 Å². The van der Waals surface area contributed by atoms with E-state index in [0.717, 1.165) is 62.0 Å². The van der Waals surface area contributed by atoms with E-state index in [1.54, 1.807) is 0 Å². The lowest BCUT2D eigenvalue weighted by Crippen LogP contribution is -2.43. The Bertz CT molecular complexity index is 978. The van der Waals surface area contributed by atoms with Gasteiger partial charge in [0.05, 0.1) is 12.2 Å². The topological polar surface area (TPSA) is 42.8 Å². The average Bonchev–Trinajstić information content (AvgIpc) is 3.36. The molecule has 0 atom stereocenters. The molecule has 0 saturated carbocycles. The number of fused-ring (bicyclic) bond motifs is 1. The molecule has 1 fully saturated rings. The minimum absolute atomic E-state index is 0.287. The zero-order valence-corrected chi connectivity index (χ0v) is 16.8. The molecular weight excluding hydrogens is 364 g/mol. The molecule has 6 heteroatoms. The van der Waals surface area contributed by atoms with Crippen LogP contribution in [0.5, 0.6) is 11.5 Å².